The van der Waals surface area contributed by atoms with Gasteiger partial charge in [0.15, 0.2) is 11.4 Å². The highest BCUT2D eigenvalue weighted by Gasteiger charge is 2.79. The smallest absolute Gasteiger partial charge is 0.311 e. The number of allylic oxidation sites excluding steroid dienone is 1. The van der Waals surface area contributed by atoms with Crippen LogP contribution in [-0.4, -0.2) is 34.9 Å². The van der Waals surface area contributed by atoms with E-state index in [-0.39, 0.29) is 17.2 Å². The molecule has 5 heteroatoms. The van der Waals surface area contributed by atoms with Crippen LogP contribution >= 0.6 is 15.9 Å². The Labute approximate surface area is 126 Å². The van der Waals surface area contributed by atoms with Crippen LogP contribution in [0.4, 0.5) is 0 Å². The number of epoxide rings is 1. The standard InChI is InChI=1S/C15H17BrO4/c1-2-19-11(17)10-7-13-5-3-4-9(13)6-14(10,16)12(18)15(13)8-20-15/h6,10H,2-5,7-8H2,1H3. The Morgan fingerprint density at radius 3 is 3.00 bits per heavy atom. The Morgan fingerprint density at radius 1 is 1.60 bits per heavy atom. The van der Waals surface area contributed by atoms with Crippen LogP contribution in [0.2, 0.25) is 0 Å². The fourth-order valence-corrected chi connectivity index (χ4v) is 5.57. The number of Topliss-reactive ketones (excluding diaryl/α,β-unsaturated/α-hetero) is 1. The van der Waals surface area contributed by atoms with Crippen LogP contribution < -0.4 is 0 Å². The molecule has 108 valence electrons. The number of fused-ring (bicyclic) bond motifs is 1. The summed E-state index contributed by atoms with van der Waals surface area (Å²) in [5, 5.41) is 0. The predicted octanol–water partition coefficient (Wildman–Crippen LogP) is 2.15. The highest BCUT2D eigenvalue weighted by molar-refractivity contribution is 9.10. The third kappa shape index (κ3) is 1.23. The van der Waals surface area contributed by atoms with Gasteiger partial charge in [0, 0.05) is 5.41 Å². The Bertz CT molecular complexity index is 550. The first-order valence-corrected chi connectivity index (χ1v) is 8.06. The van der Waals surface area contributed by atoms with E-state index < -0.39 is 15.8 Å². The molecule has 20 heavy (non-hydrogen) atoms. The lowest BCUT2D eigenvalue weighted by Crippen LogP contribution is -2.65. The van der Waals surface area contributed by atoms with E-state index in [0.717, 1.165) is 19.3 Å². The van der Waals surface area contributed by atoms with Crippen molar-refractivity contribution in [2.75, 3.05) is 13.2 Å². The van der Waals surface area contributed by atoms with E-state index in [1.807, 2.05) is 6.08 Å². The van der Waals surface area contributed by atoms with E-state index >= 15 is 0 Å². The van der Waals surface area contributed by atoms with Gasteiger partial charge >= 0.3 is 5.97 Å². The van der Waals surface area contributed by atoms with Crippen LogP contribution in [0.15, 0.2) is 11.6 Å². The molecule has 3 fully saturated rings. The summed E-state index contributed by atoms with van der Waals surface area (Å²) >= 11 is 3.58. The monoisotopic (exact) mass is 340 g/mol. The Hall–Kier alpha value is -0.680. The summed E-state index contributed by atoms with van der Waals surface area (Å²) in [6.07, 6.45) is 5.71. The summed E-state index contributed by atoms with van der Waals surface area (Å²) in [4.78, 5) is 25.2. The molecule has 4 unspecified atom stereocenters. The third-order valence-corrected chi connectivity index (χ3v) is 6.74. The summed E-state index contributed by atoms with van der Waals surface area (Å²) in [5.41, 5.74) is 0.420. The van der Waals surface area contributed by atoms with Crippen molar-refractivity contribution >= 4 is 27.7 Å². The van der Waals surface area contributed by atoms with Crippen molar-refractivity contribution in [3.8, 4) is 0 Å². The number of rotatable bonds is 2. The molecule has 0 N–H and O–H groups in total. The molecule has 4 aliphatic carbocycles. The lowest BCUT2D eigenvalue weighted by atomic mass is 9.51. The molecular formula is C15H17BrO4. The number of hydrogen-bond acceptors (Lipinski definition) is 4. The van der Waals surface area contributed by atoms with Gasteiger partial charge in [-0.15, -0.1) is 0 Å². The summed E-state index contributed by atoms with van der Waals surface area (Å²) in [6.45, 7) is 2.65. The normalized spacial score (nSPS) is 48.2. The predicted molar refractivity (Wildman–Crippen MR) is 74.5 cm³/mol. The van der Waals surface area contributed by atoms with E-state index in [2.05, 4.69) is 15.9 Å². The van der Waals surface area contributed by atoms with Gasteiger partial charge in [-0.1, -0.05) is 27.6 Å². The minimum absolute atomic E-state index is 0.0277. The van der Waals surface area contributed by atoms with Crippen molar-refractivity contribution in [2.24, 2.45) is 11.3 Å². The van der Waals surface area contributed by atoms with Crippen molar-refractivity contribution in [3.05, 3.63) is 11.6 Å². The molecule has 1 saturated heterocycles. The molecule has 2 bridgehead atoms. The molecule has 1 heterocycles. The molecule has 2 saturated carbocycles. The van der Waals surface area contributed by atoms with Crippen molar-refractivity contribution in [1.29, 1.82) is 0 Å². The first-order chi connectivity index (χ1) is 9.50. The lowest BCUT2D eigenvalue weighted by molar-refractivity contribution is -0.158. The van der Waals surface area contributed by atoms with E-state index in [4.69, 9.17) is 9.47 Å². The molecule has 0 aromatic carbocycles. The minimum Gasteiger partial charge on any atom is -0.466 e. The summed E-state index contributed by atoms with van der Waals surface area (Å²) < 4.78 is 9.94. The molecule has 4 atom stereocenters. The Morgan fingerprint density at radius 2 is 2.35 bits per heavy atom. The Kier molecular flexibility index (Phi) is 2.44. The third-order valence-electron chi connectivity index (χ3n) is 5.60. The zero-order valence-electron chi connectivity index (χ0n) is 11.4. The maximum absolute atomic E-state index is 12.9. The van der Waals surface area contributed by atoms with Crippen molar-refractivity contribution in [1.82, 2.24) is 0 Å². The van der Waals surface area contributed by atoms with Crippen LogP contribution in [0, 0.1) is 11.3 Å². The second-order valence-electron chi connectivity index (χ2n) is 6.33. The fourth-order valence-electron chi connectivity index (χ4n) is 4.63. The highest BCUT2D eigenvalue weighted by atomic mass is 79.9. The first kappa shape index (κ1) is 13.0. The van der Waals surface area contributed by atoms with E-state index in [0.29, 0.717) is 19.6 Å². The minimum atomic E-state index is -0.919. The summed E-state index contributed by atoms with van der Waals surface area (Å²) in [5.74, 6) is -0.665. The van der Waals surface area contributed by atoms with Crippen LogP contribution in [-0.2, 0) is 19.1 Å². The van der Waals surface area contributed by atoms with Crippen LogP contribution in [0.25, 0.3) is 0 Å². The van der Waals surface area contributed by atoms with Crippen LogP contribution in [0.3, 0.4) is 0 Å². The zero-order chi connectivity index (χ0) is 14.2. The number of halogens is 1. The van der Waals surface area contributed by atoms with Gasteiger partial charge in [0.05, 0.1) is 19.1 Å². The van der Waals surface area contributed by atoms with Gasteiger partial charge in [-0.25, -0.2) is 0 Å². The maximum atomic E-state index is 12.9. The molecule has 5 rings (SSSR count). The number of esters is 1. The van der Waals surface area contributed by atoms with Gasteiger partial charge in [0.1, 0.15) is 4.32 Å². The van der Waals surface area contributed by atoms with Gasteiger partial charge in [-0.2, -0.15) is 0 Å². The number of ether oxygens (including phenoxy) is 2. The van der Waals surface area contributed by atoms with Crippen molar-refractivity contribution in [3.63, 3.8) is 0 Å². The second kappa shape index (κ2) is 3.74. The zero-order valence-corrected chi connectivity index (χ0v) is 13.0. The van der Waals surface area contributed by atoms with E-state index in [1.165, 1.54) is 5.57 Å². The molecule has 0 radical (unpaired) electrons. The van der Waals surface area contributed by atoms with Gasteiger partial charge in [0.2, 0.25) is 0 Å². The van der Waals surface area contributed by atoms with E-state index in [1.54, 1.807) is 6.92 Å². The average molecular weight is 341 g/mol. The molecular weight excluding hydrogens is 324 g/mol. The molecule has 2 spiro atoms. The van der Waals surface area contributed by atoms with E-state index in [9.17, 15) is 9.59 Å². The Balaban J connectivity index is 1.84. The molecule has 4 nitrogen and oxygen atoms in total. The van der Waals surface area contributed by atoms with Crippen LogP contribution in [0.5, 0.6) is 0 Å². The topological polar surface area (TPSA) is 55.9 Å². The second-order valence-corrected chi connectivity index (χ2v) is 7.64. The number of ketones is 1. The lowest BCUT2D eigenvalue weighted by Gasteiger charge is -2.53. The average Bonchev–Trinajstić information content (AvgIpc) is 3.11. The molecule has 0 aromatic heterocycles. The van der Waals surface area contributed by atoms with Gasteiger partial charge in [-0.3, -0.25) is 9.59 Å². The van der Waals surface area contributed by atoms with Gasteiger partial charge < -0.3 is 9.47 Å². The summed E-state index contributed by atoms with van der Waals surface area (Å²) in [7, 11) is 0. The number of hydrogen-bond donors (Lipinski definition) is 0. The number of alkyl halides is 1. The highest BCUT2D eigenvalue weighted by Crippen LogP contribution is 2.70. The molecule has 1 aliphatic heterocycles. The SMILES string of the molecule is CCOC(=O)C1CC23CCCC2=CC1(Br)C(=O)C31CO1. The van der Waals surface area contributed by atoms with Crippen molar-refractivity contribution in [2.45, 2.75) is 42.5 Å². The first-order valence-electron chi connectivity index (χ1n) is 7.27. The van der Waals surface area contributed by atoms with Gasteiger partial charge in [0.25, 0.3) is 0 Å². The largest absolute Gasteiger partial charge is 0.466 e. The number of carbonyl (C=O) groups excluding carboxylic acids is 2. The molecule has 0 aromatic rings. The van der Waals surface area contributed by atoms with Gasteiger partial charge in [-0.05, 0) is 32.6 Å². The molecule has 5 aliphatic rings. The van der Waals surface area contributed by atoms with Crippen molar-refractivity contribution < 1.29 is 19.1 Å². The van der Waals surface area contributed by atoms with Crippen LogP contribution in [0.1, 0.15) is 32.6 Å². The quantitative estimate of drug-likeness (QED) is 0.334. The molecule has 0 amide bonds. The number of carbonyl (C=O) groups is 2. The summed E-state index contributed by atoms with van der Waals surface area (Å²) in [6, 6.07) is 0. The maximum Gasteiger partial charge on any atom is 0.311 e. The fraction of sp³-hybridized carbons (Fsp3) is 0.733.